The first-order chi connectivity index (χ1) is 14.1. The molecule has 0 radical (unpaired) electrons. The van der Waals surface area contributed by atoms with Crippen molar-refractivity contribution in [3.8, 4) is 5.75 Å². The Kier molecular flexibility index (Phi) is 6.52. The Morgan fingerprint density at radius 3 is 2.59 bits per heavy atom. The van der Waals surface area contributed by atoms with Crippen molar-refractivity contribution >= 4 is 17.5 Å². The van der Waals surface area contributed by atoms with Gasteiger partial charge in [0.25, 0.3) is 11.8 Å². The molecule has 0 atom stereocenters. The lowest BCUT2D eigenvalue weighted by molar-refractivity contribution is 0.0796. The molecular weight excluding hydrogens is 368 g/mol. The molecule has 7 nitrogen and oxygen atoms in total. The standard InChI is InChI=1S/C22H22N4O3/c1-26(14-10-16-7-11-23-12-8-16)22(28)17-9-13-24-19(15-17)21(27)25-18-5-3-4-6-20(18)29-2/h3-9,11-13,15H,10,14H2,1-2H3,(H,25,27). The van der Waals surface area contributed by atoms with E-state index in [1.54, 1.807) is 48.6 Å². The van der Waals surface area contributed by atoms with Crippen LogP contribution in [-0.4, -0.2) is 47.4 Å². The van der Waals surface area contributed by atoms with Crippen LogP contribution in [0.4, 0.5) is 5.69 Å². The van der Waals surface area contributed by atoms with Gasteiger partial charge in [0.05, 0.1) is 12.8 Å². The van der Waals surface area contributed by atoms with Crippen LogP contribution in [0, 0.1) is 0 Å². The summed E-state index contributed by atoms with van der Waals surface area (Å²) in [6, 6.07) is 14.0. The Balaban J connectivity index is 1.67. The number of methoxy groups -OCH3 is 1. The lowest BCUT2D eigenvalue weighted by atomic mass is 10.1. The summed E-state index contributed by atoms with van der Waals surface area (Å²) < 4.78 is 5.24. The summed E-state index contributed by atoms with van der Waals surface area (Å²) in [5.41, 5.74) is 2.20. The van der Waals surface area contributed by atoms with Crippen LogP contribution in [0.5, 0.6) is 5.75 Å². The molecule has 1 aromatic carbocycles. The summed E-state index contributed by atoms with van der Waals surface area (Å²) in [5.74, 6) is -0.0414. The van der Waals surface area contributed by atoms with E-state index >= 15 is 0 Å². The number of pyridine rings is 2. The molecule has 0 saturated carbocycles. The fourth-order valence-corrected chi connectivity index (χ4v) is 2.79. The molecule has 0 unspecified atom stereocenters. The van der Waals surface area contributed by atoms with E-state index < -0.39 is 5.91 Å². The van der Waals surface area contributed by atoms with Crippen molar-refractivity contribution in [2.45, 2.75) is 6.42 Å². The maximum atomic E-state index is 12.7. The Morgan fingerprint density at radius 1 is 1.07 bits per heavy atom. The summed E-state index contributed by atoms with van der Waals surface area (Å²) in [6.07, 6.45) is 5.64. The number of nitrogens with one attached hydrogen (secondary N) is 1. The van der Waals surface area contributed by atoms with Crippen LogP contribution in [0.3, 0.4) is 0 Å². The van der Waals surface area contributed by atoms with Crippen LogP contribution in [0.1, 0.15) is 26.4 Å². The number of carbonyl (C=O) groups excluding carboxylic acids is 2. The summed E-state index contributed by atoms with van der Waals surface area (Å²) >= 11 is 0. The molecule has 7 heteroatoms. The van der Waals surface area contributed by atoms with Crippen molar-refractivity contribution in [2.75, 3.05) is 26.0 Å². The third-order valence-corrected chi connectivity index (χ3v) is 4.43. The van der Waals surface area contributed by atoms with Gasteiger partial charge in [-0.25, -0.2) is 0 Å². The molecule has 148 valence electrons. The monoisotopic (exact) mass is 390 g/mol. The molecule has 0 aliphatic rings. The van der Waals surface area contributed by atoms with Crippen molar-refractivity contribution in [1.82, 2.24) is 14.9 Å². The predicted molar refractivity (Wildman–Crippen MR) is 110 cm³/mol. The number of amides is 2. The molecule has 1 N–H and O–H groups in total. The molecule has 2 heterocycles. The number of aromatic nitrogens is 2. The number of hydrogen-bond acceptors (Lipinski definition) is 5. The largest absolute Gasteiger partial charge is 0.495 e. The minimum atomic E-state index is -0.413. The van der Waals surface area contributed by atoms with E-state index in [1.807, 2.05) is 18.2 Å². The highest BCUT2D eigenvalue weighted by atomic mass is 16.5. The van der Waals surface area contributed by atoms with Crippen molar-refractivity contribution in [1.29, 1.82) is 0 Å². The predicted octanol–water partition coefficient (Wildman–Crippen LogP) is 3.05. The van der Waals surface area contributed by atoms with Gasteiger partial charge in [0.2, 0.25) is 0 Å². The number of rotatable bonds is 7. The average molecular weight is 390 g/mol. The first-order valence-electron chi connectivity index (χ1n) is 9.13. The maximum Gasteiger partial charge on any atom is 0.274 e. The minimum Gasteiger partial charge on any atom is -0.495 e. The number of likely N-dealkylation sites (N-methyl/N-ethyl adjacent to an activating group) is 1. The van der Waals surface area contributed by atoms with Crippen LogP contribution >= 0.6 is 0 Å². The van der Waals surface area contributed by atoms with Crippen molar-refractivity contribution in [2.24, 2.45) is 0 Å². The third kappa shape index (κ3) is 5.16. The zero-order valence-electron chi connectivity index (χ0n) is 16.3. The van der Waals surface area contributed by atoms with Crippen molar-refractivity contribution in [3.63, 3.8) is 0 Å². The highest BCUT2D eigenvalue weighted by molar-refractivity contribution is 6.05. The van der Waals surface area contributed by atoms with Gasteiger partial charge in [-0.2, -0.15) is 0 Å². The molecule has 2 aromatic heterocycles. The lowest BCUT2D eigenvalue weighted by Crippen LogP contribution is -2.29. The van der Waals surface area contributed by atoms with E-state index in [2.05, 4.69) is 15.3 Å². The highest BCUT2D eigenvalue weighted by Crippen LogP contribution is 2.23. The third-order valence-electron chi connectivity index (χ3n) is 4.43. The average Bonchev–Trinajstić information content (AvgIpc) is 2.78. The SMILES string of the molecule is COc1ccccc1NC(=O)c1cc(C(=O)N(C)CCc2ccncc2)ccn1. The molecular formula is C22H22N4O3. The van der Waals surface area contributed by atoms with E-state index in [1.165, 1.54) is 19.4 Å². The molecule has 2 amide bonds. The molecule has 0 aliphatic carbocycles. The summed E-state index contributed by atoms with van der Waals surface area (Å²) in [7, 11) is 3.27. The fraction of sp³-hybridized carbons (Fsp3) is 0.182. The van der Waals surface area contributed by atoms with E-state index in [9.17, 15) is 9.59 Å². The van der Waals surface area contributed by atoms with E-state index in [-0.39, 0.29) is 11.6 Å². The number of benzene rings is 1. The van der Waals surface area contributed by atoms with E-state index in [4.69, 9.17) is 4.74 Å². The molecule has 0 spiro atoms. The van der Waals surface area contributed by atoms with Crippen molar-refractivity contribution in [3.05, 3.63) is 83.9 Å². The summed E-state index contributed by atoms with van der Waals surface area (Å²) in [6.45, 7) is 0.550. The summed E-state index contributed by atoms with van der Waals surface area (Å²) in [4.78, 5) is 35.0. The molecule has 3 aromatic rings. The zero-order valence-corrected chi connectivity index (χ0v) is 16.3. The second kappa shape index (κ2) is 9.45. The van der Waals surface area contributed by atoms with Crippen LogP contribution in [0.2, 0.25) is 0 Å². The van der Waals surface area contributed by atoms with E-state index in [0.717, 1.165) is 12.0 Å². The van der Waals surface area contributed by atoms with Gasteiger partial charge in [0.1, 0.15) is 11.4 Å². The first kappa shape index (κ1) is 20.0. The van der Waals surface area contributed by atoms with Crippen LogP contribution in [0.15, 0.2) is 67.1 Å². The van der Waals surface area contributed by atoms with E-state index in [0.29, 0.717) is 23.5 Å². The minimum absolute atomic E-state index is 0.157. The molecule has 0 saturated heterocycles. The maximum absolute atomic E-state index is 12.7. The number of carbonyl (C=O) groups is 2. The smallest absolute Gasteiger partial charge is 0.274 e. The van der Waals surface area contributed by atoms with Crippen molar-refractivity contribution < 1.29 is 14.3 Å². The molecule has 29 heavy (non-hydrogen) atoms. The molecule has 0 fully saturated rings. The Morgan fingerprint density at radius 2 is 1.83 bits per heavy atom. The lowest BCUT2D eigenvalue weighted by Gasteiger charge is -2.17. The number of hydrogen-bond donors (Lipinski definition) is 1. The van der Waals surface area contributed by atoms with Crippen LogP contribution < -0.4 is 10.1 Å². The van der Waals surface area contributed by atoms with Gasteiger partial charge >= 0.3 is 0 Å². The Hall–Kier alpha value is -3.74. The van der Waals surface area contributed by atoms with Gasteiger partial charge in [0, 0.05) is 37.7 Å². The normalized spacial score (nSPS) is 10.3. The van der Waals surface area contributed by atoms with Gasteiger partial charge in [-0.15, -0.1) is 0 Å². The first-order valence-corrected chi connectivity index (χ1v) is 9.13. The molecule has 3 rings (SSSR count). The fourth-order valence-electron chi connectivity index (χ4n) is 2.79. The second-order valence-electron chi connectivity index (χ2n) is 6.42. The topological polar surface area (TPSA) is 84.4 Å². The highest BCUT2D eigenvalue weighted by Gasteiger charge is 2.16. The van der Waals surface area contributed by atoms with Gasteiger partial charge in [-0.1, -0.05) is 12.1 Å². The number of nitrogens with zero attached hydrogens (tertiary/aromatic N) is 3. The quantitative estimate of drug-likeness (QED) is 0.670. The van der Waals surface area contributed by atoms with Crippen LogP contribution in [-0.2, 0) is 6.42 Å². The second-order valence-corrected chi connectivity index (χ2v) is 6.42. The molecule has 0 aliphatic heterocycles. The van der Waals surface area contributed by atoms with Gasteiger partial charge in [-0.05, 0) is 48.4 Å². The zero-order chi connectivity index (χ0) is 20.6. The summed E-state index contributed by atoms with van der Waals surface area (Å²) in [5, 5.41) is 2.76. The van der Waals surface area contributed by atoms with Gasteiger partial charge in [0.15, 0.2) is 0 Å². The Bertz CT molecular complexity index is 992. The van der Waals surface area contributed by atoms with Crippen LogP contribution in [0.25, 0.3) is 0 Å². The number of para-hydroxylation sites is 2. The number of ether oxygens (including phenoxy) is 1. The van der Waals surface area contributed by atoms with Gasteiger partial charge in [-0.3, -0.25) is 19.6 Å². The number of anilines is 1. The Labute approximate surface area is 169 Å². The molecule has 0 bridgehead atoms. The van der Waals surface area contributed by atoms with Gasteiger partial charge < -0.3 is 15.0 Å².